The Morgan fingerprint density at radius 3 is 2.50 bits per heavy atom. The smallest absolute Gasteiger partial charge is 0.490 e. The topological polar surface area (TPSA) is 35.5 Å². The van der Waals surface area contributed by atoms with Gasteiger partial charge in [-0.05, 0) is 25.1 Å². The molecule has 0 bridgehead atoms. The van der Waals surface area contributed by atoms with E-state index >= 15 is 0 Å². The molecule has 0 aliphatic heterocycles. The lowest BCUT2D eigenvalue weighted by Crippen LogP contribution is -2.18. The molecule has 7 heteroatoms. The summed E-state index contributed by atoms with van der Waals surface area (Å²) >= 11 is 5.80. The van der Waals surface area contributed by atoms with E-state index in [0.29, 0.717) is 5.56 Å². The van der Waals surface area contributed by atoms with Gasteiger partial charge in [-0.15, -0.1) is 13.2 Å². The second-order valence-electron chi connectivity index (χ2n) is 3.34. The van der Waals surface area contributed by atoms with Crippen LogP contribution in [0.15, 0.2) is 18.2 Å². The fourth-order valence-corrected chi connectivity index (χ4v) is 1.38. The molecule has 0 unspecified atom stereocenters. The molecule has 0 spiro atoms. The summed E-state index contributed by atoms with van der Waals surface area (Å²) in [5.41, 5.74) is 0.402. The summed E-state index contributed by atoms with van der Waals surface area (Å²) in [6.45, 7) is 0.455. The second kappa shape index (κ2) is 6.06. The summed E-state index contributed by atoms with van der Waals surface area (Å²) in [5.74, 6) is 0.0382. The van der Waals surface area contributed by atoms with Crippen LogP contribution in [0.3, 0.4) is 0 Å². The molecule has 18 heavy (non-hydrogen) atoms. The number of benzene rings is 1. The first-order valence-electron chi connectivity index (χ1n) is 4.93. The summed E-state index contributed by atoms with van der Waals surface area (Å²) in [4.78, 5) is 11.0. The number of carbonyl (C=O) groups excluding carboxylic acids is 1. The molecule has 1 aromatic rings. The fraction of sp³-hybridized carbons (Fsp3) is 0.364. The molecule has 0 aromatic heterocycles. The lowest BCUT2D eigenvalue weighted by molar-refractivity contribution is -0.325. The average molecular weight is 283 g/mol. The van der Waals surface area contributed by atoms with E-state index in [0.717, 1.165) is 0 Å². The Bertz CT molecular complexity index is 432. The van der Waals surface area contributed by atoms with Gasteiger partial charge in [0.1, 0.15) is 12.4 Å². The summed E-state index contributed by atoms with van der Waals surface area (Å²) < 4.78 is 43.5. The third-order valence-corrected chi connectivity index (χ3v) is 2.24. The van der Waals surface area contributed by atoms with Gasteiger partial charge in [-0.3, -0.25) is 9.53 Å². The minimum Gasteiger partial charge on any atom is -0.490 e. The Hall–Kier alpha value is -1.27. The summed E-state index contributed by atoms with van der Waals surface area (Å²) in [6, 6.07) is 4.30. The van der Waals surface area contributed by atoms with Crippen LogP contribution in [0, 0.1) is 0 Å². The number of hydrogen-bond acceptors (Lipinski definition) is 3. The molecular formula is C11H10ClF3O3. The first-order chi connectivity index (χ1) is 8.29. The van der Waals surface area contributed by atoms with Crippen molar-refractivity contribution >= 4 is 17.4 Å². The number of carbonyl (C=O) groups is 1. The third kappa shape index (κ3) is 4.93. The van der Waals surface area contributed by atoms with Crippen LogP contribution in [0.2, 0.25) is 5.02 Å². The Kier molecular flexibility index (Phi) is 4.98. The zero-order chi connectivity index (χ0) is 13.8. The first-order valence-corrected chi connectivity index (χ1v) is 5.31. The molecule has 0 N–H and O–H groups in total. The Morgan fingerprint density at radius 2 is 2.00 bits per heavy atom. The molecule has 3 nitrogen and oxygen atoms in total. The monoisotopic (exact) mass is 282 g/mol. The zero-order valence-electron chi connectivity index (χ0n) is 9.38. The number of rotatable bonds is 5. The van der Waals surface area contributed by atoms with Crippen LogP contribution in [0.1, 0.15) is 17.3 Å². The molecule has 1 rings (SSSR count). The number of ketones is 1. The van der Waals surface area contributed by atoms with Crippen molar-refractivity contribution in [2.75, 3.05) is 13.2 Å². The second-order valence-corrected chi connectivity index (χ2v) is 3.75. The lowest BCUT2D eigenvalue weighted by atomic mass is 10.1. The summed E-state index contributed by atoms with van der Waals surface area (Å²) in [6.07, 6.45) is -4.67. The van der Waals surface area contributed by atoms with Gasteiger partial charge in [-0.1, -0.05) is 11.6 Å². The highest BCUT2D eigenvalue weighted by molar-refractivity contribution is 6.32. The molecule has 0 atom stereocenters. The van der Waals surface area contributed by atoms with Gasteiger partial charge in [0.2, 0.25) is 0 Å². The van der Waals surface area contributed by atoms with E-state index in [-0.39, 0.29) is 23.2 Å². The third-order valence-electron chi connectivity index (χ3n) is 1.95. The maximum atomic E-state index is 11.7. The van der Waals surface area contributed by atoms with Crippen LogP contribution in [0.25, 0.3) is 0 Å². The van der Waals surface area contributed by atoms with Gasteiger partial charge in [-0.25, -0.2) is 0 Å². The molecule has 100 valence electrons. The van der Waals surface area contributed by atoms with Crippen molar-refractivity contribution in [3.05, 3.63) is 28.8 Å². The van der Waals surface area contributed by atoms with Crippen molar-refractivity contribution in [1.29, 1.82) is 0 Å². The molecule has 0 heterocycles. The first kappa shape index (κ1) is 14.8. The minimum atomic E-state index is -4.67. The van der Waals surface area contributed by atoms with Gasteiger partial charge in [0.15, 0.2) is 5.78 Å². The molecule has 0 radical (unpaired) electrons. The Labute approximate surface area is 106 Å². The number of hydrogen-bond donors (Lipinski definition) is 0. The molecule has 0 saturated heterocycles. The predicted octanol–water partition coefficient (Wildman–Crippen LogP) is 3.46. The van der Waals surface area contributed by atoms with Crippen molar-refractivity contribution in [3.8, 4) is 5.75 Å². The van der Waals surface area contributed by atoms with Crippen LogP contribution in [0.4, 0.5) is 13.2 Å². The highest BCUT2D eigenvalue weighted by Gasteiger charge is 2.28. The van der Waals surface area contributed by atoms with E-state index in [1.807, 2.05) is 0 Å². The molecule has 1 aromatic carbocycles. The number of Topliss-reactive ketones (excluding diaryl/α,β-unsaturated/α-hetero) is 1. The van der Waals surface area contributed by atoms with Crippen LogP contribution < -0.4 is 4.74 Å². The van der Waals surface area contributed by atoms with E-state index in [1.54, 1.807) is 0 Å². The van der Waals surface area contributed by atoms with Gasteiger partial charge >= 0.3 is 6.36 Å². The molecule has 0 fully saturated rings. The molecule has 0 aliphatic carbocycles. The summed E-state index contributed by atoms with van der Waals surface area (Å²) in [7, 11) is 0. The highest BCUT2D eigenvalue weighted by atomic mass is 35.5. The SMILES string of the molecule is CC(=O)c1ccc(OCCOC(F)(F)F)c(Cl)c1. The van der Waals surface area contributed by atoms with Crippen molar-refractivity contribution < 1.29 is 27.4 Å². The molecular weight excluding hydrogens is 273 g/mol. The van der Waals surface area contributed by atoms with Crippen molar-refractivity contribution in [3.63, 3.8) is 0 Å². The normalized spacial score (nSPS) is 11.4. The molecule has 0 aliphatic rings. The number of alkyl halides is 3. The predicted molar refractivity (Wildman–Crippen MR) is 59.0 cm³/mol. The quantitative estimate of drug-likeness (QED) is 0.613. The average Bonchev–Trinajstić information content (AvgIpc) is 2.24. The van der Waals surface area contributed by atoms with Crippen LogP contribution in [-0.4, -0.2) is 25.4 Å². The Morgan fingerprint density at radius 1 is 1.33 bits per heavy atom. The van der Waals surface area contributed by atoms with Crippen LogP contribution in [0.5, 0.6) is 5.75 Å². The maximum absolute atomic E-state index is 11.7. The zero-order valence-corrected chi connectivity index (χ0v) is 10.1. The highest BCUT2D eigenvalue weighted by Crippen LogP contribution is 2.25. The maximum Gasteiger partial charge on any atom is 0.522 e. The van der Waals surface area contributed by atoms with E-state index in [4.69, 9.17) is 16.3 Å². The van der Waals surface area contributed by atoms with Gasteiger partial charge in [-0.2, -0.15) is 0 Å². The standard InChI is InChI=1S/C11H10ClF3O3/c1-7(16)8-2-3-10(9(12)6-8)17-4-5-18-11(13,14)15/h2-3,6H,4-5H2,1H3. The van der Waals surface area contributed by atoms with Gasteiger partial charge in [0.05, 0.1) is 11.6 Å². The lowest BCUT2D eigenvalue weighted by Gasteiger charge is -2.10. The largest absolute Gasteiger partial charge is 0.522 e. The number of halogens is 4. The fourth-order valence-electron chi connectivity index (χ4n) is 1.15. The van der Waals surface area contributed by atoms with Crippen molar-refractivity contribution in [1.82, 2.24) is 0 Å². The van der Waals surface area contributed by atoms with E-state index in [1.165, 1.54) is 25.1 Å². The van der Waals surface area contributed by atoms with Crippen molar-refractivity contribution in [2.45, 2.75) is 13.3 Å². The van der Waals surface area contributed by atoms with Crippen LogP contribution >= 0.6 is 11.6 Å². The van der Waals surface area contributed by atoms with Crippen molar-refractivity contribution in [2.24, 2.45) is 0 Å². The van der Waals surface area contributed by atoms with Gasteiger partial charge in [0, 0.05) is 5.56 Å². The van der Waals surface area contributed by atoms with Gasteiger partial charge in [0.25, 0.3) is 0 Å². The van der Waals surface area contributed by atoms with E-state index in [2.05, 4.69) is 4.74 Å². The Balaban J connectivity index is 2.51. The van der Waals surface area contributed by atoms with E-state index in [9.17, 15) is 18.0 Å². The van der Waals surface area contributed by atoms with E-state index < -0.39 is 13.0 Å². The molecule has 0 saturated carbocycles. The summed E-state index contributed by atoms with van der Waals surface area (Å²) in [5, 5.41) is 0.162. The molecule has 0 amide bonds. The van der Waals surface area contributed by atoms with Gasteiger partial charge < -0.3 is 4.74 Å². The number of ether oxygens (including phenoxy) is 2. The van der Waals surface area contributed by atoms with Crippen LogP contribution in [-0.2, 0) is 4.74 Å². The minimum absolute atomic E-state index is 0.162.